The second-order valence-electron chi connectivity index (χ2n) is 6.53. The molecule has 2 aromatic carbocycles. The van der Waals surface area contributed by atoms with E-state index in [9.17, 15) is 4.79 Å². The van der Waals surface area contributed by atoms with Crippen LogP contribution in [0.1, 0.15) is 16.0 Å². The number of carbonyl (C=O) groups excluding carboxylic acids is 1. The molecular formula is C23H20N4OS. The molecule has 0 atom stereocenters. The molecule has 5 nitrogen and oxygen atoms in total. The molecule has 6 heteroatoms. The minimum absolute atomic E-state index is 0.242. The number of thiazole rings is 1. The molecule has 0 unspecified atom stereocenters. The molecule has 4 aromatic rings. The number of nitrogens with zero attached hydrogens (tertiary/aromatic N) is 2. The van der Waals surface area contributed by atoms with Gasteiger partial charge in [-0.05, 0) is 47.5 Å². The first-order valence-electron chi connectivity index (χ1n) is 9.29. The Morgan fingerprint density at radius 1 is 0.897 bits per heavy atom. The highest BCUT2D eigenvalue weighted by atomic mass is 32.1. The normalized spacial score (nSPS) is 10.5. The SMILES string of the molecule is O=C(NCc1ccncc1)Nc1ccc(-c2ncc(Cc3ccccc3)s2)cc1. The minimum atomic E-state index is -0.242. The van der Waals surface area contributed by atoms with E-state index in [4.69, 9.17) is 0 Å². The predicted molar refractivity (Wildman–Crippen MR) is 117 cm³/mol. The maximum Gasteiger partial charge on any atom is 0.319 e. The van der Waals surface area contributed by atoms with E-state index in [-0.39, 0.29) is 6.03 Å². The Morgan fingerprint density at radius 3 is 2.41 bits per heavy atom. The first kappa shape index (κ1) is 18.8. The number of hydrogen-bond acceptors (Lipinski definition) is 4. The van der Waals surface area contributed by atoms with E-state index in [1.54, 1.807) is 23.7 Å². The highest BCUT2D eigenvalue weighted by Crippen LogP contribution is 2.27. The zero-order valence-corrected chi connectivity index (χ0v) is 16.5. The van der Waals surface area contributed by atoms with Gasteiger partial charge in [-0.2, -0.15) is 0 Å². The van der Waals surface area contributed by atoms with Crippen LogP contribution in [0.5, 0.6) is 0 Å². The highest BCUT2D eigenvalue weighted by molar-refractivity contribution is 7.15. The summed E-state index contributed by atoms with van der Waals surface area (Å²) in [6.45, 7) is 0.454. The number of carbonyl (C=O) groups is 1. The van der Waals surface area contributed by atoms with Gasteiger partial charge in [-0.15, -0.1) is 11.3 Å². The van der Waals surface area contributed by atoms with Crippen LogP contribution in [-0.4, -0.2) is 16.0 Å². The summed E-state index contributed by atoms with van der Waals surface area (Å²) in [5.41, 5.74) is 4.06. The van der Waals surface area contributed by atoms with Gasteiger partial charge in [0.2, 0.25) is 0 Å². The average molecular weight is 401 g/mol. The number of urea groups is 1. The topological polar surface area (TPSA) is 66.9 Å². The van der Waals surface area contributed by atoms with Crippen molar-refractivity contribution in [1.29, 1.82) is 0 Å². The maximum absolute atomic E-state index is 12.1. The van der Waals surface area contributed by atoms with E-state index in [0.717, 1.165) is 28.2 Å². The Kier molecular flexibility index (Phi) is 5.92. The number of amides is 2. The van der Waals surface area contributed by atoms with Crippen LogP contribution >= 0.6 is 11.3 Å². The number of pyridine rings is 1. The fourth-order valence-corrected chi connectivity index (χ4v) is 3.83. The molecule has 0 spiro atoms. The van der Waals surface area contributed by atoms with Gasteiger partial charge in [0.15, 0.2) is 0 Å². The lowest BCUT2D eigenvalue weighted by atomic mass is 10.1. The molecule has 0 aliphatic carbocycles. The Morgan fingerprint density at radius 2 is 1.66 bits per heavy atom. The van der Waals surface area contributed by atoms with E-state index in [1.165, 1.54) is 10.4 Å². The Bertz CT molecular complexity index is 1060. The monoisotopic (exact) mass is 400 g/mol. The van der Waals surface area contributed by atoms with Crippen molar-refractivity contribution < 1.29 is 4.79 Å². The van der Waals surface area contributed by atoms with Crippen molar-refractivity contribution in [1.82, 2.24) is 15.3 Å². The predicted octanol–water partition coefficient (Wildman–Crippen LogP) is 5.12. The smallest absolute Gasteiger partial charge is 0.319 e. The van der Waals surface area contributed by atoms with E-state index >= 15 is 0 Å². The number of aromatic nitrogens is 2. The summed E-state index contributed by atoms with van der Waals surface area (Å²) in [4.78, 5) is 21.8. The van der Waals surface area contributed by atoms with E-state index in [0.29, 0.717) is 6.54 Å². The lowest BCUT2D eigenvalue weighted by molar-refractivity contribution is 0.251. The number of anilines is 1. The van der Waals surface area contributed by atoms with Gasteiger partial charge in [0.1, 0.15) is 5.01 Å². The highest BCUT2D eigenvalue weighted by Gasteiger charge is 2.07. The van der Waals surface area contributed by atoms with Crippen LogP contribution in [0, 0.1) is 0 Å². The van der Waals surface area contributed by atoms with Crippen LogP contribution in [0.2, 0.25) is 0 Å². The van der Waals surface area contributed by atoms with E-state index < -0.39 is 0 Å². The zero-order valence-electron chi connectivity index (χ0n) is 15.7. The number of hydrogen-bond donors (Lipinski definition) is 2. The lowest BCUT2D eigenvalue weighted by Gasteiger charge is -2.08. The summed E-state index contributed by atoms with van der Waals surface area (Å²) in [5.74, 6) is 0. The van der Waals surface area contributed by atoms with Crippen molar-refractivity contribution in [3.05, 3.63) is 101 Å². The molecule has 2 amide bonds. The zero-order chi connectivity index (χ0) is 19.9. The van der Waals surface area contributed by atoms with Crippen molar-refractivity contribution in [3.8, 4) is 10.6 Å². The molecule has 0 aliphatic heterocycles. The summed E-state index contributed by atoms with van der Waals surface area (Å²) >= 11 is 1.69. The summed E-state index contributed by atoms with van der Waals surface area (Å²) in [6.07, 6.45) is 6.23. The maximum atomic E-state index is 12.1. The fourth-order valence-electron chi connectivity index (χ4n) is 2.87. The van der Waals surface area contributed by atoms with Gasteiger partial charge in [0.25, 0.3) is 0 Å². The number of rotatable bonds is 6. The summed E-state index contributed by atoms with van der Waals surface area (Å²) in [5, 5.41) is 6.65. The molecule has 0 bridgehead atoms. The summed E-state index contributed by atoms with van der Waals surface area (Å²) < 4.78 is 0. The molecule has 2 aromatic heterocycles. The van der Waals surface area contributed by atoms with Crippen molar-refractivity contribution in [2.75, 3.05) is 5.32 Å². The summed E-state index contributed by atoms with van der Waals surface area (Å²) in [7, 11) is 0. The molecule has 2 N–H and O–H groups in total. The Balaban J connectivity index is 1.33. The third kappa shape index (κ3) is 5.27. The van der Waals surface area contributed by atoms with Gasteiger partial charge in [-0.1, -0.05) is 30.3 Å². The van der Waals surface area contributed by atoms with Crippen LogP contribution in [0.15, 0.2) is 85.3 Å². The molecule has 0 radical (unpaired) electrons. The van der Waals surface area contributed by atoms with Crippen LogP contribution in [0.3, 0.4) is 0 Å². The van der Waals surface area contributed by atoms with Gasteiger partial charge in [-0.3, -0.25) is 4.98 Å². The molecule has 29 heavy (non-hydrogen) atoms. The first-order valence-corrected chi connectivity index (χ1v) is 10.1. The standard InChI is InChI=1S/C23H20N4OS/c28-23(26-15-18-10-12-24-13-11-18)27-20-8-6-19(7-9-20)22-25-16-21(29-22)14-17-4-2-1-3-5-17/h1-13,16H,14-15H2,(H2,26,27,28). The second kappa shape index (κ2) is 9.12. The van der Waals surface area contributed by atoms with Crippen molar-refractivity contribution >= 4 is 23.1 Å². The fraction of sp³-hybridized carbons (Fsp3) is 0.0870. The second-order valence-corrected chi connectivity index (χ2v) is 7.65. The molecule has 2 heterocycles. The minimum Gasteiger partial charge on any atom is -0.334 e. The van der Waals surface area contributed by atoms with Crippen LogP contribution in [0.4, 0.5) is 10.5 Å². The molecular weight excluding hydrogens is 380 g/mol. The van der Waals surface area contributed by atoms with Gasteiger partial charge < -0.3 is 10.6 Å². The van der Waals surface area contributed by atoms with Gasteiger partial charge in [-0.25, -0.2) is 9.78 Å². The van der Waals surface area contributed by atoms with Crippen molar-refractivity contribution in [2.45, 2.75) is 13.0 Å². The Hall–Kier alpha value is -3.51. The molecule has 0 aliphatic rings. The van der Waals surface area contributed by atoms with Gasteiger partial charge in [0.05, 0.1) is 0 Å². The molecule has 0 saturated carbocycles. The van der Waals surface area contributed by atoms with Crippen LogP contribution in [-0.2, 0) is 13.0 Å². The van der Waals surface area contributed by atoms with Crippen LogP contribution in [0.25, 0.3) is 10.6 Å². The first-order chi connectivity index (χ1) is 14.3. The molecule has 0 fully saturated rings. The van der Waals surface area contributed by atoms with Gasteiger partial charge in [0, 0.05) is 47.7 Å². The molecule has 144 valence electrons. The van der Waals surface area contributed by atoms with Crippen LogP contribution < -0.4 is 10.6 Å². The average Bonchev–Trinajstić information content (AvgIpc) is 3.23. The number of benzene rings is 2. The van der Waals surface area contributed by atoms with E-state index in [1.807, 2.05) is 48.7 Å². The summed E-state index contributed by atoms with van der Waals surface area (Å²) in [6, 6.07) is 21.6. The van der Waals surface area contributed by atoms with Crippen molar-refractivity contribution in [2.24, 2.45) is 0 Å². The Labute approximate surface area is 173 Å². The number of nitrogens with one attached hydrogen (secondary N) is 2. The van der Waals surface area contributed by atoms with Gasteiger partial charge >= 0.3 is 6.03 Å². The third-order valence-electron chi connectivity index (χ3n) is 4.37. The lowest BCUT2D eigenvalue weighted by Crippen LogP contribution is -2.28. The van der Waals surface area contributed by atoms with Crippen molar-refractivity contribution in [3.63, 3.8) is 0 Å². The molecule has 0 saturated heterocycles. The van der Waals surface area contributed by atoms with E-state index in [2.05, 4.69) is 44.9 Å². The quantitative estimate of drug-likeness (QED) is 0.472. The third-order valence-corrected chi connectivity index (χ3v) is 5.41. The largest absolute Gasteiger partial charge is 0.334 e. The molecule has 4 rings (SSSR count).